The molecule has 6 nitrogen and oxygen atoms in total. The molecule has 0 fully saturated rings. The van der Waals surface area contributed by atoms with E-state index in [4.69, 9.17) is 0 Å². The average molecular weight is 561 g/mol. The first-order valence-electron chi connectivity index (χ1n) is 13.8. The number of anilines is 2. The average Bonchev–Trinajstić information content (AvgIpc) is 3.53. The number of carbonyl (C=O) groups is 1. The maximum atomic E-state index is 13.5. The van der Waals surface area contributed by atoms with Crippen molar-refractivity contribution >= 4 is 46.0 Å². The van der Waals surface area contributed by atoms with E-state index in [1.807, 2.05) is 56.3 Å². The standard InChI is InChI=1S/C34H32N4O2S/c1-6-37-31(39)28(41-33(37)30-22(2)35-38(32(30)40)25-15-11-8-12-16-25)19-20-29-34(3,4)26-21-24(17-18-27(26)36(29)5)23-13-9-7-10-14-23/h7-21H,6H2,1-5H3/b28-19+,29-20+,33-30-. The minimum Gasteiger partial charge on any atom is -0.347 e. The van der Waals surface area contributed by atoms with Gasteiger partial charge in [0.25, 0.3) is 11.5 Å². The van der Waals surface area contributed by atoms with Crippen molar-refractivity contribution in [3.63, 3.8) is 0 Å². The number of rotatable bonds is 4. The van der Waals surface area contributed by atoms with Gasteiger partial charge in [-0.05, 0) is 67.0 Å². The molecular formula is C34H32N4O2S. The van der Waals surface area contributed by atoms with Crippen molar-refractivity contribution in [2.75, 3.05) is 17.0 Å². The quantitative estimate of drug-likeness (QED) is 0.342. The molecule has 0 unspecified atom stereocenters. The second-order valence-corrected chi connectivity index (χ2v) is 11.9. The van der Waals surface area contributed by atoms with Gasteiger partial charge in [-0.2, -0.15) is 10.1 Å². The van der Waals surface area contributed by atoms with Crippen LogP contribution in [0.2, 0.25) is 0 Å². The summed E-state index contributed by atoms with van der Waals surface area (Å²) in [4.78, 5) is 29.2. The number of hydrogen-bond donors (Lipinski definition) is 0. The summed E-state index contributed by atoms with van der Waals surface area (Å²) in [5, 5.41) is 5.94. The molecule has 0 N–H and O–H groups in total. The van der Waals surface area contributed by atoms with E-state index < -0.39 is 0 Å². The Labute approximate surface area is 243 Å². The van der Waals surface area contributed by atoms with Crippen molar-refractivity contribution in [3.8, 4) is 11.1 Å². The Hall–Kier alpha value is -4.49. The van der Waals surface area contributed by atoms with Crippen LogP contribution in [0, 0.1) is 0 Å². The first-order chi connectivity index (χ1) is 19.7. The smallest absolute Gasteiger partial charge is 0.283 e. The summed E-state index contributed by atoms with van der Waals surface area (Å²) in [7, 11) is 2.07. The number of carbonyl (C=O) groups excluding carboxylic acids is 1. The highest BCUT2D eigenvalue weighted by atomic mass is 32.1. The Balaban J connectivity index is 1.43. The molecular weight excluding hydrogens is 528 g/mol. The molecule has 0 bridgehead atoms. The van der Waals surface area contributed by atoms with Crippen LogP contribution in [0.5, 0.6) is 0 Å². The van der Waals surface area contributed by atoms with Crippen molar-refractivity contribution in [1.29, 1.82) is 0 Å². The van der Waals surface area contributed by atoms with Crippen molar-refractivity contribution in [3.05, 3.63) is 116 Å². The molecule has 0 saturated heterocycles. The molecule has 1 aromatic heterocycles. The molecule has 0 atom stereocenters. The summed E-state index contributed by atoms with van der Waals surface area (Å²) in [6, 6.07) is 26.4. The van der Waals surface area contributed by atoms with Crippen molar-refractivity contribution in [2.45, 2.75) is 39.7 Å². The number of allylic oxidation sites excluding steroid dienone is 2. The predicted molar refractivity (Wildman–Crippen MR) is 170 cm³/mol. The van der Waals surface area contributed by atoms with E-state index in [0.29, 0.717) is 32.7 Å². The third-order valence-electron chi connectivity index (χ3n) is 7.99. The van der Waals surface area contributed by atoms with Gasteiger partial charge in [-0.1, -0.05) is 68.4 Å². The molecule has 2 aliphatic rings. The monoisotopic (exact) mass is 560 g/mol. The number of thiazole rings is 1. The number of hydrogen-bond acceptors (Lipinski definition) is 5. The summed E-state index contributed by atoms with van der Waals surface area (Å²) in [6.07, 6.45) is 3.96. The number of hydrazone groups is 1. The van der Waals surface area contributed by atoms with Crippen molar-refractivity contribution in [2.24, 2.45) is 5.10 Å². The number of fused-ring (bicyclic) bond motifs is 1. The lowest BCUT2D eigenvalue weighted by Gasteiger charge is -2.23. The van der Waals surface area contributed by atoms with Gasteiger partial charge in [0.05, 0.1) is 21.5 Å². The van der Waals surface area contributed by atoms with E-state index in [-0.39, 0.29) is 16.9 Å². The van der Waals surface area contributed by atoms with Crippen LogP contribution in [0.3, 0.4) is 0 Å². The summed E-state index contributed by atoms with van der Waals surface area (Å²) in [5.74, 6) is -0.219. The van der Waals surface area contributed by atoms with Gasteiger partial charge in [0.1, 0.15) is 4.66 Å². The maximum Gasteiger partial charge on any atom is 0.283 e. The predicted octanol–water partition coefficient (Wildman–Crippen LogP) is 5.26. The molecule has 1 amide bonds. The zero-order valence-corrected chi connectivity index (χ0v) is 24.7. The second-order valence-electron chi connectivity index (χ2n) is 10.8. The van der Waals surface area contributed by atoms with Gasteiger partial charge in [-0.25, -0.2) is 0 Å². The van der Waals surface area contributed by atoms with Crippen LogP contribution in [0.25, 0.3) is 22.8 Å². The normalized spacial score (nSPS) is 18.9. The van der Waals surface area contributed by atoms with Gasteiger partial charge in [-0.15, -0.1) is 11.3 Å². The summed E-state index contributed by atoms with van der Waals surface area (Å²) >= 11 is 1.35. The molecule has 3 heterocycles. The highest BCUT2D eigenvalue weighted by molar-refractivity contribution is 7.08. The highest BCUT2D eigenvalue weighted by Gasteiger charge is 2.38. The molecule has 0 radical (unpaired) electrons. The Bertz CT molecular complexity index is 1910. The van der Waals surface area contributed by atoms with E-state index in [0.717, 1.165) is 11.4 Å². The maximum absolute atomic E-state index is 13.5. The van der Waals surface area contributed by atoms with Crippen LogP contribution < -0.4 is 24.7 Å². The minimum absolute atomic E-state index is 0.0991. The lowest BCUT2D eigenvalue weighted by Crippen LogP contribution is -2.33. The van der Waals surface area contributed by atoms with Gasteiger partial charge in [0.15, 0.2) is 0 Å². The van der Waals surface area contributed by atoms with E-state index >= 15 is 0 Å². The molecule has 2 aliphatic heterocycles. The lowest BCUT2D eigenvalue weighted by atomic mass is 9.82. The number of amides is 1. The Morgan fingerprint density at radius 2 is 1.59 bits per heavy atom. The first kappa shape index (κ1) is 26.7. The molecule has 206 valence electrons. The van der Waals surface area contributed by atoms with Gasteiger partial charge >= 0.3 is 0 Å². The second kappa shape index (κ2) is 10.2. The van der Waals surface area contributed by atoms with Gasteiger partial charge in [0.2, 0.25) is 0 Å². The van der Waals surface area contributed by atoms with E-state index in [9.17, 15) is 9.59 Å². The largest absolute Gasteiger partial charge is 0.347 e. The molecule has 0 spiro atoms. The molecule has 0 saturated carbocycles. The Kier molecular flexibility index (Phi) is 6.62. The highest BCUT2D eigenvalue weighted by Crippen LogP contribution is 2.48. The topological polar surface area (TPSA) is 57.9 Å². The van der Waals surface area contributed by atoms with E-state index in [1.54, 1.807) is 4.57 Å². The Morgan fingerprint density at radius 1 is 0.902 bits per heavy atom. The van der Waals surface area contributed by atoms with E-state index in [1.165, 1.54) is 33.0 Å². The fourth-order valence-corrected chi connectivity index (χ4v) is 7.01. The first-order valence-corrected chi connectivity index (χ1v) is 14.6. The van der Waals surface area contributed by atoms with E-state index in [2.05, 4.69) is 79.4 Å². The Morgan fingerprint density at radius 3 is 2.27 bits per heavy atom. The number of aromatic nitrogens is 1. The summed E-state index contributed by atoms with van der Waals surface area (Å²) < 4.78 is 2.91. The summed E-state index contributed by atoms with van der Waals surface area (Å²) in [6.45, 7) is 8.65. The zero-order chi connectivity index (χ0) is 28.9. The molecule has 7 heteroatoms. The van der Waals surface area contributed by atoms with Crippen molar-refractivity contribution in [1.82, 2.24) is 4.57 Å². The van der Waals surface area contributed by atoms with Crippen LogP contribution in [0.1, 0.15) is 33.3 Å². The minimum atomic E-state index is -0.259. The SMILES string of the molecule is CCn1c(=O)/c(=C\C=C2\N(C)c3ccc(-c4ccccc4)cc3C2(C)C)s/c1=C1\C(=O)N(c2ccccc2)N=C1C. The molecule has 41 heavy (non-hydrogen) atoms. The zero-order valence-electron chi connectivity index (χ0n) is 23.9. The molecule has 0 aliphatic carbocycles. The van der Waals surface area contributed by atoms with Crippen LogP contribution in [-0.4, -0.2) is 23.2 Å². The fraction of sp³-hybridized carbons (Fsp3) is 0.206. The third-order valence-corrected chi connectivity index (χ3v) is 9.14. The molecule has 3 aromatic carbocycles. The van der Waals surface area contributed by atoms with Crippen LogP contribution in [0.15, 0.2) is 101 Å². The van der Waals surface area contributed by atoms with Crippen LogP contribution in [-0.2, 0) is 16.8 Å². The van der Waals surface area contributed by atoms with Gasteiger partial charge in [-0.3, -0.25) is 14.2 Å². The van der Waals surface area contributed by atoms with Crippen LogP contribution in [0.4, 0.5) is 11.4 Å². The number of para-hydroxylation sites is 1. The van der Waals surface area contributed by atoms with Crippen LogP contribution >= 0.6 is 11.3 Å². The fourth-order valence-electron chi connectivity index (χ4n) is 5.80. The van der Waals surface area contributed by atoms with Gasteiger partial charge in [0, 0.05) is 30.4 Å². The third kappa shape index (κ3) is 4.37. The van der Waals surface area contributed by atoms with Gasteiger partial charge < -0.3 is 4.90 Å². The molecule has 4 aromatic rings. The number of likely N-dealkylation sites (N-methyl/N-ethyl adjacent to an activating group) is 1. The lowest BCUT2D eigenvalue weighted by molar-refractivity contribution is -0.112. The number of benzene rings is 3. The molecule has 6 rings (SSSR count). The van der Waals surface area contributed by atoms with Crippen molar-refractivity contribution < 1.29 is 4.79 Å². The summed E-state index contributed by atoms with van der Waals surface area (Å²) in [5.41, 5.74) is 7.31. The number of nitrogens with zero attached hydrogens (tertiary/aromatic N) is 4.